The molecule has 134 valence electrons. The Morgan fingerprint density at radius 1 is 1.12 bits per heavy atom. The Morgan fingerprint density at radius 3 is 2.62 bits per heavy atom. The van der Waals surface area contributed by atoms with Crippen molar-refractivity contribution in [3.8, 4) is 0 Å². The van der Waals surface area contributed by atoms with Crippen LogP contribution in [0.25, 0.3) is 0 Å². The second-order valence-corrected chi connectivity index (χ2v) is 7.23. The van der Waals surface area contributed by atoms with Gasteiger partial charge in [0.1, 0.15) is 17.3 Å². The number of nitrogens with zero attached hydrogens (tertiary/aromatic N) is 1. The lowest BCUT2D eigenvalue weighted by Crippen LogP contribution is -2.29. The van der Waals surface area contributed by atoms with Gasteiger partial charge in [0.05, 0.1) is 19.4 Å². The maximum absolute atomic E-state index is 13.1. The normalized spacial score (nSPS) is 18.7. The van der Waals surface area contributed by atoms with E-state index in [0.717, 1.165) is 22.8 Å². The van der Waals surface area contributed by atoms with Crippen molar-refractivity contribution in [2.75, 3.05) is 0 Å². The molecule has 0 N–H and O–H groups in total. The van der Waals surface area contributed by atoms with Crippen LogP contribution >= 0.6 is 0 Å². The van der Waals surface area contributed by atoms with Gasteiger partial charge in [-0.1, -0.05) is 24.6 Å². The van der Waals surface area contributed by atoms with Crippen molar-refractivity contribution in [1.29, 1.82) is 0 Å². The smallest absolute Gasteiger partial charge is 0.254 e. The highest BCUT2D eigenvalue weighted by Crippen LogP contribution is 2.47. The highest BCUT2D eigenvalue weighted by molar-refractivity contribution is 5.94. The van der Waals surface area contributed by atoms with Crippen molar-refractivity contribution in [2.45, 2.75) is 39.3 Å². The van der Waals surface area contributed by atoms with Crippen LogP contribution in [0.2, 0.25) is 0 Å². The zero-order valence-electron chi connectivity index (χ0n) is 15.1. The maximum Gasteiger partial charge on any atom is 0.254 e. The Labute approximate surface area is 153 Å². The first-order valence-corrected chi connectivity index (χ1v) is 9.07. The molecule has 0 aliphatic heterocycles. The van der Waals surface area contributed by atoms with Crippen LogP contribution in [0.5, 0.6) is 0 Å². The van der Waals surface area contributed by atoms with E-state index >= 15 is 0 Å². The zero-order chi connectivity index (χ0) is 18.1. The van der Waals surface area contributed by atoms with E-state index in [1.165, 1.54) is 6.42 Å². The van der Waals surface area contributed by atoms with E-state index in [9.17, 15) is 4.79 Å². The van der Waals surface area contributed by atoms with E-state index in [2.05, 4.69) is 6.92 Å². The third-order valence-corrected chi connectivity index (χ3v) is 4.98. The summed E-state index contributed by atoms with van der Waals surface area (Å²) >= 11 is 0. The highest BCUT2D eigenvalue weighted by atomic mass is 16.3. The average Bonchev–Trinajstić information content (AvgIpc) is 3.04. The van der Waals surface area contributed by atoms with Crippen LogP contribution in [0.1, 0.15) is 52.5 Å². The molecule has 26 heavy (non-hydrogen) atoms. The van der Waals surface area contributed by atoms with E-state index < -0.39 is 0 Å². The lowest BCUT2D eigenvalue weighted by Gasteiger charge is -2.21. The lowest BCUT2D eigenvalue weighted by molar-refractivity contribution is 0.0704. The van der Waals surface area contributed by atoms with Gasteiger partial charge in [0, 0.05) is 11.5 Å². The molecule has 1 fully saturated rings. The van der Waals surface area contributed by atoms with Crippen LogP contribution in [0.3, 0.4) is 0 Å². The van der Waals surface area contributed by atoms with Gasteiger partial charge in [0.25, 0.3) is 5.91 Å². The molecule has 0 bridgehead atoms. The molecule has 4 nitrogen and oxygen atoms in total. The largest absolute Gasteiger partial charge is 0.467 e. The molecule has 4 heteroatoms. The molecular weight excluding hydrogens is 326 g/mol. The Morgan fingerprint density at radius 2 is 1.92 bits per heavy atom. The van der Waals surface area contributed by atoms with E-state index in [4.69, 9.17) is 8.83 Å². The molecular formula is C22H23NO3. The van der Waals surface area contributed by atoms with E-state index in [-0.39, 0.29) is 5.91 Å². The SMILES string of the molecule is Cc1cccc(C(=O)N(Cc2ccco2)Cc2ccc(C3CC3C)o2)c1. The first-order chi connectivity index (χ1) is 12.6. The van der Waals surface area contributed by atoms with Crippen molar-refractivity contribution >= 4 is 5.91 Å². The van der Waals surface area contributed by atoms with Gasteiger partial charge in [0.15, 0.2) is 0 Å². The fraction of sp³-hybridized carbons (Fsp3) is 0.318. The monoisotopic (exact) mass is 349 g/mol. The number of aryl methyl sites for hydroxylation is 1. The number of amides is 1. The predicted molar refractivity (Wildman–Crippen MR) is 98.7 cm³/mol. The van der Waals surface area contributed by atoms with Crippen molar-refractivity contribution in [3.63, 3.8) is 0 Å². The van der Waals surface area contributed by atoms with Gasteiger partial charge in [0.2, 0.25) is 0 Å². The number of furan rings is 2. The summed E-state index contributed by atoms with van der Waals surface area (Å²) in [6.07, 6.45) is 2.81. The third-order valence-electron chi connectivity index (χ3n) is 4.98. The van der Waals surface area contributed by atoms with Crippen LogP contribution in [0, 0.1) is 12.8 Å². The third kappa shape index (κ3) is 3.59. The summed E-state index contributed by atoms with van der Waals surface area (Å²) in [6, 6.07) is 15.4. The summed E-state index contributed by atoms with van der Waals surface area (Å²) in [5.74, 6) is 3.81. The minimum Gasteiger partial charge on any atom is -0.467 e. The molecule has 3 aromatic rings. The average molecular weight is 349 g/mol. The fourth-order valence-corrected chi connectivity index (χ4v) is 3.34. The molecule has 2 heterocycles. The number of carbonyl (C=O) groups excluding carboxylic acids is 1. The second kappa shape index (κ2) is 6.87. The Balaban J connectivity index is 1.56. The van der Waals surface area contributed by atoms with Gasteiger partial charge < -0.3 is 13.7 Å². The molecule has 1 aliphatic rings. The van der Waals surface area contributed by atoms with Gasteiger partial charge in [-0.2, -0.15) is 0 Å². The molecule has 4 rings (SSSR count). The molecule has 1 saturated carbocycles. The predicted octanol–water partition coefficient (Wildman–Crippen LogP) is 5.15. The molecule has 2 atom stereocenters. The molecule has 1 aliphatic carbocycles. The highest BCUT2D eigenvalue weighted by Gasteiger charge is 2.36. The summed E-state index contributed by atoms with van der Waals surface area (Å²) in [5, 5.41) is 0. The van der Waals surface area contributed by atoms with E-state index in [1.54, 1.807) is 11.2 Å². The Kier molecular flexibility index (Phi) is 4.41. The lowest BCUT2D eigenvalue weighted by atomic mass is 10.1. The van der Waals surface area contributed by atoms with Crippen LogP contribution in [-0.2, 0) is 13.1 Å². The van der Waals surface area contributed by atoms with Gasteiger partial charge >= 0.3 is 0 Å². The number of carbonyl (C=O) groups is 1. The quantitative estimate of drug-likeness (QED) is 0.618. The van der Waals surface area contributed by atoms with Crippen molar-refractivity contribution in [2.24, 2.45) is 5.92 Å². The van der Waals surface area contributed by atoms with Gasteiger partial charge in [-0.25, -0.2) is 0 Å². The topological polar surface area (TPSA) is 46.6 Å². The van der Waals surface area contributed by atoms with Crippen molar-refractivity contribution < 1.29 is 13.6 Å². The summed E-state index contributed by atoms with van der Waals surface area (Å²) < 4.78 is 11.5. The molecule has 0 radical (unpaired) electrons. The summed E-state index contributed by atoms with van der Waals surface area (Å²) in [7, 11) is 0. The summed E-state index contributed by atoms with van der Waals surface area (Å²) in [5.41, 5.74) is 1.75. The number of benzene rings is 1. The van der Waals surface area contributed by atoms with Crippen LogP contribution < -0.4 is 0 Å². The number of hydrogen-bond donors (Lipinski definition) is 0. The van der Waals surface area contributed by atoms with E-state index in [0.29, 0.717) is 30.5 Å². The standard InChI is InChI=1S/C22H23NO3/c1-15-5-3-6-17(11-15)22(24)23(13-18-7-4-10-25-18)14-19-8-9-21(26-19)20-12-16(20)2/h3-11,16,20H,12-14H2,1-2H3. The molecule has 1 amide bonds. The minimum atomic E-state index is -0.0251. The maximum atomic E-state index is 13.1. The number of rotatable bonds is 6. The molecule has 2 unspecified atom stereocenters. The summed E-state index contributed by atoms with van der Waals surface area (Å²) in [6.45, 7) is 5.06. The van der Waals surface area contributed by atoms with Crippen LogP contribution in [-0.4, -0.2) is 10.8 Å². The molecule has 0 saturated heterocycles. The number of hydrogen-bond acceptors (Lipinski definition) is 3. The Hall–Kier alpha value is -2.75. The van der Waals surface area contributed by atoms with Crippen molar-refractivity contribution in [1.82, 2.24) is 4.90 Å². The second-order valence-electron chi connectivity index (χ2n) is 7.23. The molecule has 2 aromatic heterocycles. The van der Waals surface area contributed by atoms with Crippen LogP contribution in [0.15, 0.2) is 63.6 Å². The van der Waals surface area contributed by atoms with Gasteiger partial charge in [-0.15, -0.1) is 0 Å². The molecule has 1 aromatic carbocycles. The zero-order valence-corrected chi connectivity index (χ0v) is 15.1. The van der Waals surface area contributed by atoms with Gasteiger partial charge in [-0.3, -0.25) is 4.79 Å². The first-order valence-electron chi connectivity index (χ1n) is 9.07. The van der Waals surface area contributed by atoms with Gasteiger partial charge in [-0.05, 0) is 55.7 Å². The minimum absolute atomic E-state index is 0.0251. The van der Waals surface area contributed by atoms with E-state index in [1.807, 2.05) is 55.5 Å². The van der Waals surface area contributed by atoms with Crippen molar-refractivity contribution in [3.05, 3.63) is 83.2 Å². The first kappa shape index (κ1) is 16.7. The molecule has 0 spiro atoms. The fourth-order valence-electron chi connectivity index (χ4n) is 3.34. The Bertz CT molecular complexity index is 894. The van der Waals surface area contributed by atoms with Crippen LogP contribution in [0.4, 0.5) is 0 Å². The summed E-state index contributed by atoms with van der Waals surface area (Å²) in [4.78, 5) is 14.8.